The van der Waals surface area contributed by atoms with Gasteiger partial charge in [0.05, 0.1) is 17.5 Å². The number of benzene rings is 1. The van der Waals surface area contributed by atoms with Gasteiger partial charge in [0.2, 0.25) is 0 Å². The van der Waals surface area contributed by atoms with Crippen LogP contribution < -0.4 is 5.56 Å². The van der Waals surface area contributed by atoms with Crippen molar-refractivity contribution in [2.45, 2.75) is 45.6 Å². The first kappa shape index (κ1) is 23.2. The zero-order chi connectivity index (χ0) is 24.9. The van der Waals surface area contributed by atoms with Gasteiger partial charge in [-0.25, -0.2) is 23.1 Å². The molecule has 1 aliphatic heterocycles. The molecule has 1 saturated heterocycles. The molecule has 2 atom stereocenters. The third-order valence-corrected chi connectivity index (χ3v) is 6.63. The van der Waals surface area contributed by atoms with E-state index in [1.165, 1.54) is 10.5 Å². The molecule has 9 heteroatoms. The van der Waals surface area contributed by atoms with Crippen LogP contribution in [-0.2, 0) is 4.74 Å². The average Bonchev–Trinajstić information content (AvgIpc) is 2.84. The summed E-state index contributed by atoms with van der Waals surface area (Å²) >= 11 is 0. The van der Waals surface area contributed by atoms with Gasteiger partial charge in [-0.05, 0) is 51.8 Å². The number of ether oxygens (including phenoxy) is 1. The average molecular weight is 480 g/mol. The maximum absolute atomic E-state index is 14.8. The van der Waals surface area contributed by atoms with Crippen LogP contribution in [0, 0.1) is 38.2 Å². The second-order valence-corrected chi connectivity index (χ2v) is 8.84. The molecule has 0 bridgehead atoms. The van der Waals surface area contributed by atoms with Gasteiger partial charge < -0.3 is 4.74 Å². The van der Waals surface area contributed by atoms with E-state index in [4.69, 9.17) is 9.72 Å². The van der Waals surface area contributed by atoms with Gasteiger partial charge >= 0.3 is 0 Å². The molecule has 3 aromatic heterocycles. The fourth-order valence-corrected chi connectivity index (χ4v) is 4.51. The maximum Gasteiger partial charge on any atom is 0.261 e. The lowest BCUT2D eigenvalue weighted by atomic mass is 9.89. The number of pyridine rings is 1. The van der Waals surface area contributed by atoms with Gasteiger partial charge in [-0.1, -0.05) is 0 Å². The van der Waals surface area contributed by atoms with Crippen LogP contribution in [0.4, 0.5) is 13.2 Å². The molecule has 0 N–H and O–H groups in total. The summed E-state index contributed by atoms with van der Waals surface area (Å²) in [6.45, 7) is 5.33. The Morgan fingerprint density at radius 1 is 1.06 bits per heavy atom. The number of aryl methyl sites for hydroxylation is 2. The lowest BCUT2D eigenvalue weighted by Gasteiger charge is -2.30. The summed E-state index contributed by atoms with van der Waals surface area (Å²) in [5.41, 5.74) is 2.28. The monoisotopic (exact) mass is 480 g/mol. The Hall–Kier alpha value is -3.59. The van der Waals surface area contributed by atoms with Crippen LogP contribution in [0.3, 0.4) is 0 Å². The van der Waals surface area contributed by atoms with Gasteiger partial charge in [-0.2, -0.15) is 0 Å². The molecule has 6 nitrogen and oxygen atoms in total. The number of halogens is 3. The molecule has 0 amide bonds. The van der Waals surface area contributed by atoms with E-state index in [1.807, 2.05) is 0 Å². The minimum Gasteiger partial charge on any atom is -0.373 e. The Morgan fingerprint density at radius 2 is 1.86 bits per heavy atom. The largest absolute Gasteiger partial charge is 0.373 e. The molecule has 0 radical (unpaired) electrons. The van der Waals surface area contributed by atoms with E-state index in [0.29, 0.717) is 42.0 Å². The van der Waals surface area contributed by atoms with Crippen molar-refractivity contribution in [2.24, 2.45) is 0 Å². The molecule has 4 aromatic rings. The quantitative estimate of drug-likeness (QED) is 0.407. The van der Waals surface area contributed by atoms with Gasteiger partial charge in [-0.15, -0.1) is 0 Å². The van der Waals surface area contributed by atoms with E-state index in [2.05, 4.69) is 9.97 Å². The fourth-order valence-electron chi connectivity index (χ4n) is 4.51. The van der Waals surface area contributed by atoms with Crippen molar-refractivity contribution in [1.29, 1.82) is 0 Å². The molecule has 0 spiro atoms. The van der Waals surface area contributed by atoms with E-state index in [0.717, 1.165) is 12.1 Å². The lowest BCUT2D eigenvalue weighted by molar-refractivity contribution is 0.00245. The highest BCUT2D eigenvalue weighted by molar-refractivity contribution is 5.74. The van der Waals surface area contributed by atoms with Crippen LogP contribution in [0.15, 0.2) is 41.5 Å². The summed E-state index contributed by atoms with van der Waals surface area (Å²) < 4.78 is 50.4. The SMILES string of the molecule is Cc1nccc([C@H]2C[C@@H](c3cn4c(=O)c(C)c(C)nc4c(-c4ccc(F)cc4F)n3)CCO2)c1F. The summed E-state index contributed by atoms with van der Waals surface area (Å²) in [6, 6.07) is 4.81. The van der Waals surface area contributed by atoms with Crippen LogP contribution in [-0.4, -0.2) is 26.0 Å². The minimum atomic E-state index is -0.803. The predicted octanol–water partition coefficient (Wildman–Crippen LogP) is 5.13. The smallest absolute Gasteiger partial charge is 0.261 e. The third-order valence-electron chi connectivity index (χ3n) is 6.63. The standard InChI is InChI=1S/C26H23F3N4O2/c1-13-14(2)31-25-24(18-5-4-17(27)11-20(18)28)32-21(12-33(25)26(13)34)16-7-9-35-22(10-16)19-6-8-30-15(3)23(19)29/h4-6,8,11-12,16,22H,7,9-10H2,1-3H3/t16-,22+/m0/s1. The van der Waals surface area contributed by atoms with Crippen LogP contribution in [0.2, 0.25) is 0 Å². The molecule has 180 valence electrons. The minimum absolute atomic E-state index is 0.0420. The molecule has 1 aliphatic rings. The van der Waals surface area contributed by atoms with Crippen LogP contribution >= 0.6 is 0 Å². The van der Waals surface area contributed by atoms with E-state index in [1.54, 1.807) is 39.2 Å². The Morgan fingerprint density at radius 3 is 2.63 bits per heavy atom. The number of fused-ring (bicyclic) bond motifs is 1. The van der Waals surface area contributed by atoms with E-state index >= 15 is 0 Å². The number of nitrogens with zero attached hydrogens (tertiary/aromatic N) is 4. The Labute approximate surface area is 199 Å². The number of rotatable bonds is 3. The number of hydrogen-bond acceptors (Lipinski definition) is 5. The van der Waals surface area contributed by atoms with Crippen molar-refractivity contribution in [2.75, 3.05) is 6.61 Å². The van der Waals surface area contributed by atoms with Crippen molar-refractivity contribution in [1.82, 2.24) is 19.4 Å². The summed E-state index contributed by atoms with van der Waals surface area (Å²) in [4.78, 5) is 26.3. The van der Waals surface area contributed by atoms with Crippen LogP contribution in [0.25, 0.3) is 16.9 Å². The van der Waals surface area contributed by atoms with Crippen molar-refractivity contribution in [3.05, 3.63) is 92.7 Å². The highest BCUT2D eigenvalue weighted by atomic mass is 19.1. The molecule has 0 aliphatic carbocycles. The number of aromatic nitrogens is 4. The van der Waals surface area contributed by atoms with Crippen molar-refractivity contribution < 1.29 is 17.9 Å². The second-order valence-electron chi connectivity index (χ2n) is 8.84. The van der Waals surface area contributed by atoms with Gasteiger partial charge in [0.1, 0.15) is 23.1 Å². The van der Waals surface area contributed by atoms with Crippen molar-refractivity contribution >= 4 is 5.65 Å². The summed E-state index contributed by atoms with van der Waals surface area (Å²) in [6.07, 6.45) is 3.63. The molecule has 5 rings (SSSR count). The molecular formula is C26H23F3N4O2. The molecule has 0 unspecified atom stereocenters. The van der Waals surface area contributed by atoms with E-state index < -0.39 is 23.6 Å². The molecule has 35 heavy (non-hydrogen) atoms. The first-order valence-corrected chi connectivity index (χ1v) is 11.3. The zero-order valence-electron chi connectivity index (χ0n) is 19.5. The molecule has 4 heterocycles. The Kier molecular flexibility index (Phi) is 5.88. The van der Waals surface area contributed by atoms with Crippen LogP contribution in [0.5, 0.6) is 0 Å². The predicted molar refractivity (Wildman–Crippen MR) is 124 cm³/mol. The fraction of sp³-hybridized carbons (Fsp3) is 0.308. The molecular weight excluding hydrogens is 457 g/mol. The highest BCUT2D eigenvalue weighted by Gasteiger charge is 2.30. The third kappa shape index (κ3) is 4.10. The zero-order valence-corrected chi connectivity index (χ0v) is 19.5. The topological polar surface area (TPSA) is 69.4 Å². The molecule has 1 fully saturated rings. The van der Waals surface area contributed by atoms with E-state index in [-0.39, 0.29) is 34.1 Å². The van der Waals surface area contributed by atoms with Gasteiger partial charge in [0.15, 0.2) is 5.65 Å². The molecule has 0 saturated carbocycles. The first-order valence-electron chi connectivity index (χ1n) is 11.3. The van der Waals surface area contributed by atoms with Crippen molar-refractivity contribution in [3.63, 3.8) is 0 Å². The summed E-state index contributed by atoms with van der Waals surface area (Å²) in [7, 11) is 0. The summed E-state index contributed by atoms with van der Waals surface area (Å²) in [5, 5.41) is 0. The second kappa shape index (κ2) is 8.88. The normalized spacial score (nSPS) is 18.2. The van der Waals surface area contributed by atoms with Gasteiger partial charge in [0.25, 0.3) is 5.56 Å². The van der Waals surface area contributed by atoms with Crippen molar-refractivity contribution in [3.8, 4) is 11.3 Å². The highest BCUT2D eigenvalue weighted by Crippen LogP contribution is 2.39. The van der Waals surface area contributed by atoms with Gasteiger partial charge in [0, 0.05) is 53.4 Å². The number of hydrogen-bond donors (Lipinski definition) is 0. The van der Waals surface area contributed by atoms with E-state index in [9.17, 15) is 18.0 Å². The summed E-state index contributed by atoms with van der Waals surface area (Å²) in [5.74, 6) is -2.12. The van der Waals surface area contributed by atoms with Gasteiger partial charge in [-0.3, -0.25) is 14.2 Å². The Bertz CT molecular complexity index is 1520. The Balaban J connectivity index is 1.66. The molecule has 1 aromatic carbocycles. The van der Waals surface area contributed by atoms with Crippen LogP contribution in [0.1, 0.15) is 53.1 Å². The lowest BCUT2D eigenvalue weighted by Crippen LogP contribution is -2.24. The maximum atomic E-state index is 14.8. The first-order chi connectivity index (χ1) is 16.7.